The number of anilines is 1. The summed E-state index contributed by atoms with van der Waals surface area (Å²) in [6, 6.07) is 1.49. The maximum Gasteiger partial charge on any atom is 0.259 e. The van der Waals surface area contributed by atoms with Gasteiger partial charge in [0.25, 0.3) is 21.3 Å². The van der Waals surface area contributed by atoms with Crippen LogP contribution in [0.25, 0.3) is 0 Å². The number of hydrogen-bond acceptors (Lipinski definition) is 6. The molecule has 0 saturated heterocycles. The van der Waals surface area contributed by atoms with Crippen LogP contribution in [0.4, 0.5) is 5.00 Å². The Labute approximate surface area is 142 Å². The van der Waals surface area contributed by atoms with Crippen LogP contribution in [0.1, 0.15) is 24.9 Å². The van der Waals surface area contributed by atoms with Gasteiger partial charge in [0, 0.05) is 38.4 Å². The second kappa shape index (κ2) is 8.01. The molecule has 0 radical (unpaired) electrons. The smallest absolute Gasteiger partial charge is 0.259 e. The van der Waals surface area contributed by atoms with Crippen LogP contribution < -0.4 is 10.0 Å². The lowest BCUT2D eigenvalue weighted by molar-refractivity contribution is 0.185. The monoisotopic (exact) mass is 383 g/mol. The third kappa shape index (κ3) is 4.29. The normalized spacial score (nSPS) is 21.8. The maximum atomic E-state index is 12.7. The number of ether oxygens (including phenoxy) is 1. The summed E-state index contributed by atoms with van der Waals surface area (Å²) in [7, 11) is -2.01. The molecule has 1 aliphatic heterocycles. The Morgan fingerprint density at radius 1 is 1.57 bits per heavy atom. The zero-order chi connectivity index (χ0) is 17.0. The van der Waals surface area contributed by atoms with Crippen LogP contribution in [0.3, 0.4) is 0 Å². The second-order valence-corrected chi connectivity index (χ2v) is 8.91. The van der Waals surface area contributed by atoms with E-state index in [1.165, 1.54) is 4.31 Å². The summed E-state index contributed by atoms with van der Waals surface area (Å²) in [5.74, 6) is 0. The van der Waals surface area contributed by atoms with Gasteiger partial charge in [-0.15, -0.1) is 11.3 Å². The molecule has 2 atom stereocenters. The SMILES string of the molecule is CCN[C@H]1CN(CCCOC)S(=O)(=O)c2sc(NS(=O)O)cc21. The Morgan fingerprint density at radius 3 is 2.91 bits per heavy atom. The van der Waals surface area contributed by atoms with Gasteiger partial charge in [-0.05, 0) is 19.0 Å². The first kappa shape index (κ1) is 18.8. The number of hydrogen-bond donors (Lipinski definition) is 3. The Hall–Kier alpha value is -0.560. The largest absolute Gasteiger partial charge is 0.385 e. The van der Waals surface area contributed by atoms with Crippen molar-refractivity contribution >= 4 is 37.6 Å². The van der Waals surface area contributed by atoms with Crippen molar-refractivity contribution in [1.82, 2.24) is 9.62 Å². The van der Waals surface area contributed by atoms with E-state index in [1.54, 1.807) is 13.2 Å². The molecule has 2 rings (SSSR count). The summed E-state index contributed by atoms with van der Waals surface area (Å²) in [4.78, 5) is 0. The van der Waals surface area contributed by atoms with Crippen LogP contribution in [0.5, 0.6) is 0 Å². The van der Waals surface area contributed by atoms with Crippen molar-refractivity contribution in [1.29, 1.82) is 0 Å². The molecule has 1 aliphatic rings. The molecule has 0 amide bonds. The Balaban J connectivity index is 2.34. The van der Waals surface area contributed by atoms with E-state index in [2.05, 4.69) is 10.0 Å². The molecule has 0 fully saturated rings. The van der Waals surface area contributed by atoms with Gasteiger partial charge in [-0.3, -0.25) is 9.27 Å². The first-order chi connectivity index (χ1) is 10.9. The number of likely N-dealkylation sites (N-methyl/N-ethyl adjacent to an activating group) is 1. The Kier molecular flexibility index (Phi) is 6.54. The third-order valence-electron chi connectivity index (χ3n) is 3.46. The molecule has 1 unspecified atom stereocenters. The fourth-order valence-electron chi connectivity index (χ4n) is 2.50. The van der Waals surface area contributed by atoms with Gasteiger partial charge in [0.15, 0.2) is 0 Å². The minimum Gasteiger partial charge on any atom is -0.385 e. The highest BCUT2D eigenvalue weighted by atomic mass is 32.2. The molecule has 132 valence electrons. The topological polar surface area (TPSA) is 108 Å². The van der Waals surface area contributed by atoms with Crippen LogP contribution in [-0.2, 0) is 26.0 Å². The molecule has 8 nitrogen and oxygen atoms in total. The van der Waals surface area contributed by atoms with E-state index in [0.29, 0.717) is 43.2 Å². The van der Waals surface area contributed by atoms with Crippen LogP contribution >= 0.6 is 11.3 Å². The van der Waals surface area contributed by atoms with Gasteiger partial charge < -0.3 is 10.1 Å². The third-order valence-corrected chi connectivity index (χ3v) is 7.44. The number of thiophene rings is 1. The molecule has 0 bridgehead atoms. The highest BCUT2D eigenvalue weighted by Crippen LogP contribution is 2.40. The zero-order valence-electron chi connectivity index (χ0n) is 12.9. The van der Waals surface area contributed by atoms with E-state index >= 15 is 0 Å². The van der Waals surface area contributed by atoms with Crippen molar-refractivity contribution in [3.63, 3.8) is 0 Å². The molecule has 0 spiro atoms. The van der Waals surface area contributed by atoms with Crippen LogP contribution in [0.15, 0.2) is 10.3 Å². The predicted molar refractivity (Wildman–Crippen MR) is 90.4 cm³/mol. The summed E-state index contributed by atoms with van der Waals surface area (Å²) in [6.45, 7) is 3.85. The van der Waals surface area contributed by atoms with Crippen molar-refractivity contribution in [3.8, 4) is 0 Å². The molecule has 0 aliphatic carbocycles. The standard InChI is InChI=1S/C12H21N3O5S3/c1-3-13-10-8-15(5-4-6-20-2)23(18,19)12-9(10)7-11(21-12)14-22(16)17/h7,10,13-14H,3-6,8H2,1-2H3,(H,16,17)/t10-/m0/s1. The lowest BCUT2D eigenvalue weighted by Crippen LogP contribution is -2.43. The Morgan fingerprint density at radius 2 is 2.30 bits per heavy atom. The molecule has 1 aromatic heterocycles. The average molecular weight is 384 g/mol. The second-order valence-electron chi connectivity index (χ2n) is 5.02. The highest BCUT2D eigenvalue weighted by Gasteiger charge is 2.38. The van der Waals surface area contributed by atoms with Gasteiger partial charge in [-0.1, -0.05) is 6.92 Å². The van der Waals surface area contributed by atoms with Crippen molar-refractivity contribution in [2.45, 2.75) is 23.6 Å². The van der Waals surface area contributed by atoms with Gasteiger partial charge in [-0.25, -0.2) is 12.6 Å². The minimum atomic E-state index is -3.59. The molecule has 2 heterocycles. The lowest BCUT2D eigenvalue weighted by Gasteiger charge is -2.32. The number of sulfonamides is 1. The fourth-order valence-corrected chi connectivity index (χ4v) is 6.28. The van der Waals surface area contributed by atoms with Gasteiger partial charge in [0.1, 0.15) is 9.21 Å². The molecule has 23 heavy (non-hydrogen) atoms. The number of methoxy groups -OCH3 is 1. The minimum absolute atomic E-state index is 0.139. The average Bonchev–Trinajstić information content (AvgIpc) is 2.88. The molecular weight excluding hydrogens is 362 g/mol. The fraction of sp³-hybridized carbons (Fsp3) is 0.667. The first-order valence-corrected chi connectivity index (χ1v) is 10.5. The molecular formula is C12H21N3O5S3. The van der Waals surface area contributed by atoms with Gasteiger partial charge in [0.2, 0.25) is 0 Å². The first-order valence-electron chi connectivity index (χ1n) is 7.13. The van der Waals surface area contributed by atoms with E-state index in [4.69, 9.17) is 9.29 Å². The zero-order valence-corrected chi connectivity index (χ0v) is 15.4. The summed E-state index contributed by atoms with van der Waals surface area (Å²) >= 11 is -1.26. The number of rotatable bonds is 8. The van der Waals surface area contributed by atoms with E-state index in [1.807, 2.05) is 6.92 Å². The number of nitrogens with one attached hydrogen (secondary N) is 2. The van der Waals surface area contributed by atoms with E-state index in [-0.39, 0.29) is 10.3 Å². The Bertz CT molecular complexity index is 661. The van der Waals surface area contributed by atoms with Crippen molar-refractivity contribution in [3.05, 3.63) is 11.6 Å². The summed E-state index contributed by atoms with van der Waals surface area (Å²) in [5, 5.41) is 3.63. The molecule has 0 saturated carbocycles. The van der Waals surface area contributed by atoms with E-state index < -0.39 is 21.3 Å². The summed E-state index contributed by atoms with van der Waals surface area (Å²) < 4.78 is 54.3. The summed E-state index contributed by atoms with van der Waals surface area (Å²) in [6.07, 6.45) is 0.612. The van der Waals surface area contributed by atoms with Gasteiger partial charge in [0.05, 0.1) is 0 Å². The van der Waals surface area contributed by atoms with Crippen molar-refractivity contribution < 1.29 is 21.9 Å². The van der Waals surface area contributed by atoms with Crippen LogP contribution in [0.2, 0.25) is 0 Å². The highest BCUT2D eigenvalue weighted by molar-refractivity contribution is 7.91. The van der Waals surface area contributed by atoms with Gasteiger partial charge >= 0.3 is 0 Å². The molecule has 11 heteroatoms. The van der Waals surface area contributed by atoms with Crippen molar-refractivity contribution in [2.75, 3.05) is 38.1 Å². The van der Waals surface area contributed by atoms with Gasteiger partial charge in [-0.2, -0.15) is 4.31 Å². The maximum absolute atomic E-state index is 12.7. The molecule has 0 aromatic carbocycles. The van der Waals surface area contributed by atoms with Crippen molar-refractivity contribution in [2.24, 2.45) is 0 Å². The number of nitrogens with zero attached hydrogens (tertiary/aromatic N) is 1. The predicted octanol–water partition coefficient (Wildman–Crippen LogP) is 0.988. The summed E-state index contributed by atoms with van der Waals surface area (Å²) in [5.41, 5.74) is 0.646. The van der Waals surface area contributed by atoms with E-state index in [9.17, 15) is 12.6 Å². The molecule has 3 N–H and O–H groups in total. The number of fused-ring (bicyclic) bond motifs is 1. The molecule has 1 aromatic rings. The van der Waals surface area contributed by atoms with E-state index in [0.717, 1.165) is 11.3 Å². The van der Waals surface area contributed by atoms with Crippen LogP contribution in [-0.4, -0.2) is 54.8 Å². The van der Waals surface area contributed by atoms with Crippen LogP contribution in [0, 0.1) is 0 Å². The lowest BCUT2D eigenvalue weighted by atomic mass is 10.1. The quantitative estimate of drug-likeness (QED) is 0.456.